The van der Waals surface area contributed by atoms with Crippen LogP contribution in [0.2, 0.25) is 0 Å². The molecule has 0 aliphatic carbocycles. The molecule has 0 aliphatic heterocycles. The number of anilines is 1. The molecule has 2 heterocycles. The molecule has 0 saturated carbocycles. The zero-order valence-electron chi connectivity index (χ0n) is 7.05. The van der Waals surface area contributed by atoms with E-state index in [4.69, 9.17) is 10.3 Å². The number of nitrogen functional groups attached to an aromatic ring is 1. The average molecular weight is 178 g/mol. The van der Waals surface area contributed by atoms with Crippen LogP contribution in [0.3, 0.4) is 0 Å². The summed E-state index contributed by atoms with van der Waals surface area (Å²) in [5, 5.41) is 7.65. The van der Waals surface area contributed by atoms with E-state index in [-0.39, 0.29) is 0 Å². The van der Waals surface area contributed by atoms with Crippen molar-refractivity contribution in [3.63, 3.8) is 0 Å². The molecule has 0 saturated heterocycles. The first-order valence-electron chi connectivity index (χ1n) is 4.03. The largest absolute Gasteiger partial charge is 0.395 e. The lowest BCUT2D eigenvalue weighted by molar-refractivity contribution is 0.375. The molecule has 2 rings (SSSR count). The predicted molar refractivity (Wildman–Crippen MR) is 46.8 cm³/mol. The summed E-state index contributed by atoms with van der Waals surface area (Å²) in [5.41, 5.74) is 6.20. The monoisotopic (exact) mass is 178 g/mol. The summed E-state index contributed by atoms with van der Waals surface area (Å²) in [6.45, 7) is 0.756. The molecule has 0 atom stereocenters. The van der Waals surface area contributed by atoms with E-state index < -0.39 is 0 Å². The van der Waals surface area contributed by atoms with Gasteiger partial charge in [0.25, 0.3) is 0 Å². The molecule has 0 unspecified atom stereocenters. The molecule has 0 amide bonds. The Kier molecular flexibility index (Phi) is 1.99. The zero-order chi connectivity index (χ0) is 9.10. The average Bonchev–Trinajstić information content (AvgIpc) is 2.72. The second-order valence-electron chi connectivity index (χ2n) is 2.72. The third-order valence-corrected chi connectivity index (χ3v) is 1.80. The summed E-state index contributed by atoms with van der Waals surface area (Å²) >= 11 is 0. The lowest BCUT2D eigenvalue weighted by Gasteiger charge is -1.98. The molecule has 68 valence electrons. The van der Waals surface area contributed by atoms with E-state index in [1.165, 1.54) is 6.20 Å². The van der Waals surface area contributed by atoms with Crippen molar-refractivity contribution in [2.24, 2.45) is 0 Å². The van der Waals surface area contributed by atoms with Gasteiger partial charge in [0, 0.05) is 25.4 Å². The molecule has 5 heteroatoms. The van der Waals surface area contributed by atoms with Crippen molar-refractivity contribution in [3.05, 3.63) is 30.4 Å². The Morgan fingerprint density at radius 1 is 1.54 bits per heavy atom. The highest BCUT2D eigenvalue weighted by Gasteiger charge is 2.03. The first-order valence-corrected chi connectivity index (χ1v) is 4.03. The van der Waals surface area contributed by atoms with E-state index in [1.807, 2.05) is 16.9 Å². The van der Waals surface area contributed by atoms with Crippen molar-refractivity contribution >= 4 is 5.69 Å². The van der Waals surface area contributed by atoms with Crippen LogP contribution in [0.15, 0.2) is 29.2 Å². The standard InChI is InChI=1S/C8H10N4O/c9-7-6-11-13-8(7)2-5-12-4-1-3-10-12/h1,3-4,6H,2,5,9H2. The number of nitrogens with two attached hydrogens (primary N) is 1. The highest BCUT2D eigenvalue weighted by Crippen LogP contribution is 2.10. The van der Waals surface area contributed by atoms with Crippen LogP contribution < -0.4 is 5.73 Å². The maximum Gasteiger partial charge on any atom is 0.161 e. The van der Waals surface area contributed by atoms with Gasteiger partial charge in [-0.1, -0.05) is 5.16 Å². The minimum atomic E-state index is 0.604. The number of aromatic nitrogens is 3. The Labute approximate surface area is 75.1 Å². The van der Waals surface area contributed by atoms with Crippen molar-refractivity contribution in [2.45, 2.75) is 13.0 Å². The van der Waals surface area contributed by atoms with E-state index in [0.717, 1.165) is 12.3 Å². The molecule has 2 aromatic heterocycles. The Morgan fingerprint density at radius 2 is 2.46 bits per heavy atom. The number of rotatable bonds is 3. The SMILES string of the molecule is Nc1cnoc1CCn1cccn1. The lowest BCUT2D eigenvalue weighted by Crippen LogP contribution is -2.02. The van der Waals surface area contributed by atoms with Crippen LogP contribution in [0.1, 0.15) is 5.76 Å². The number of aryl methyl sites for hydroxylation is 2. The lowest BCUT2D eigenvalue weighted by atomic mass is 10.3. The molecule has 5 nitrogen and oxygen atoms in total. The van der Waals surface area contributed by atoms with E-state index in [9.17, 15) is 0 Å². The molecule has 2 aromatic rings. The van der Waals surface area contributed by atoms with Crippen molar-refractivity contribution < 1.29 is 4.52 Å². The van der Waals surface area contributed by atoms with E-state index in [1.54, 1.807) is 6.20 Å². The van der Waals surface area contributed by atoms with Gasteiger partial charge in [-0.25, -0.2) is 0 Å². The Balaban J connectivity index is 1.97. The summed E-state index contributed by atoms with van der Waals surface area (Å²) in [4.78, 5) is 0. The van der Waals surface area contributed by atoms with Crippen LogP contribution in [-0.2, 0) is 13.0 Å². The van der Waals surface area contributed by atoms with E-state index in [0.29, 0.717) is 12.1 Å². The summed E-state index contributed by atoms with van der Waals surface area (Å²) in [5.74, 6) is 0.718. The third kappa shape index (κ3) is 1.69. The van der Waals surface area contributed by atoms with Crippen molar-refractivity contribution in [1.29, 1.82) is 0 Å². The topological polar surface area (TPSA) is 69.9 Å². The normalized spacial score (nSPS) is 10.5. The minimum absolute atomic E-state index is 0.604. The number of hydrogen-bond acceptors (Lipinski definition) is 4. The fraction of sp³-hybridized carbons (Fsp3) is 0.250. The summed E-state index contributed by atoms with van der Waals surface area (Å²) in [7, 11) is 0. The predicted octanol–water partition coefficient (Wildman–Crippen LogP) is 0.696. The molecular formula is C8H10N4O. The number of nitrogens with zero attached hydrogens (tertiary/aromatic N) is 3. The Morgan fingerprint density at radius 3 is 3.08 bits per heavy atom. The minimum Gasteiger partial charge on any atom is -0.395 e. The van der Waals surface area contributed by atoms with Crippen molar-refractivity contribution in [3.8, 4) is 0 Å². The van der Waals surface area contributed by atoms with Crippen LogP contribution in [0.4, 0.5) is 5.69 Å². The molecular weight excluding hydrogens is 168 g/mol. The molecule has 0 fully saturated rings. The van der Waals surface area contributed by atoms with E-state index in [2.05, 4.69) is 10.3 Å². The molecule has 0 bridgehead atoms. The van der Waals surface area contributed by atoms with Crippen molar-refractivity contribution in [2.75, 3.05) is 5.73 Å². The van der Waals surface area contributed by atoms with E-state index >= 15 is 0 Å². The molecule has 2 N–H and O–H groups in total. The van der Waals surface area contributed by atoms with Crippen LogP contribution >= 0.6 is 0 Å². The van der Waals surface area contributed by atoms with Crippen LogP contribution in [-0.4, -0.2) is 14.9 Å². The maximum absolute atomic E-state index is 5.59. The highest BCUT2D eigenvalue weighted by atomic mass is 16.5. The smallest absolute Gasteiger partial charge is 0.161 e. The fourth-order valence-corrected chi connectivity index (χ4v) is 1.11. The second-order valence-corrected chi connectivity index (χ2v) is 2.72. The highest BCUT2D eigenvalue weighted by molar-refractivity contribution is 5.37. The van der Waals surface area contributed by atoms with Gasteiger partial charge < -0.3 is 10.3 Å². The quantitative estimate of drug-likeness (QED) is 0.750. The fourth-order valence-electron chi connectivity index (χ4n) is 1.11. The van der Waals surface area contributed by atoms with Gasteiger partial charge in [0.2, 0.25) is 0 Å². The molecule has 0 aromatic carbocycles. The third-order valence-electron chi connectivity index (χ3n) is 1.80. The Hall–Kier alpha value is -1.78. The zero-order valence-corrected chi connectivity index (χ0v) is 7.05. The number of hydrogen-bond donors (Lipinski definition) is 1. The summed E-state index contributed by atoms with van der Waals surface area (Å²) in [6, 6.07) is 1.88. The second kappa shape index (κ2) is 3.30. The molecule has 13 heavy (non-hydrogen) atoms. The van der Waals surface area contributed by atoms with Gasteiger partial charge >= 0.3 is 0 Å². The van der Waals surface area contributed by atoms with Gasteiger partial charge in [-0.3, -0.25) is 4.68 Å². The maximum atomic E-state index is 5.59. The summed E-state index contributed by atoms with van der Waals surface area (Å²) < 4.78 is 6.77. The van der Waals surface area contributed by atoms with Gasteiger partial charge in [0.1, 0.15) is 0 Å². The molecule has 0 radical (unpaired) electrons. The van der Waals surface area contributed by atoms with Gasteiger partial charge in [-0.15, -0.1) is 0 Å². The van der Waals surface area contributed by atoms with Gasteiger partial charge in [-0.05, 0) is 6.07 Å². The Bertz CT molecular complexity index is 365. The van der Waals surface area contributed by atoms with Crippen LogP contribution in [0.25, 0.3) is 0 Å². The van der Waals surface area contributed by atoms with Gasteiger partial charge in [0.15, 0.2) is 5.76 Å². The van der Waals surface area contributed by atoms with Crippen LogP contribution in [0, 0.1) is 0 Å². The molecule has 0 spiro atoms. The first kappa shape index (κ1) is 7.85. The van der Waals surface area contributed by atoms with Gasteiger partial charge in [-0.2, -0.15) is 5.10 Å². The summed E-state index contributed by atoms with van der Waals surface area (Å²) in [6.07, 6.45) is 5.86. The van der Waals surface area contributed by atoms with Gasteiger partial charge in [0.05, 0.1) is 11.9 Å². The molecule has 0 aliphatic rings. The van der Waals surface area contributed by atoms with Crippen molar-refractivity contribution in [1.82, 2.24) is 14.9 Å². The first-order chi connectivity index (χ1) is 6.36. The van der Waals surface area contributed by atoms with Crippen LogP contribution in [0.5, 0.6) is 0 Å².